The number of carbonyl (C=O) groups is 1. The molecule has 0 spiro atoms. The first-order valence-corrected chi connectivity index (χ1v) is 6.64. The quantitative estimate of drug-likeness (QED) is 0.706. The van der Waals surface area contributed by atoms with Gasteiger partial charge in [-0.1, -0.05) is 0 Å². The van der Waals surface area contributed by atoms with E-state index in [0.29, 0.717) is 12.1 Å². The summed E-state index contributed by atoms with van der Waals surface area (Å²) in [6, 6.07) is 0.851. The average molecular weight is 240 g/mol. The number of ether oxygens (including phenoxy) is 1. The summed E-state index contributed by atoms with van der Waals surface area (Å²) >= 11 is 0. The second-order valence-electron chi connectivity index (χ2n) is 6.36. The van der Waals surface area contributed by atoms with Crippen LogP contribution in [0, 0.1) is 0 Å². The minimum atomic E-state index is -0.412. The minimum absolute atomic E-state index is 0.154. The van der Waals surface area contributed by atoms with Crippen molar-refractivity contribution in [2.24, 2.45) is 5.73 Å². The molecule has 0 saturated carbocycles. The number of hydrogen-bond donors (Lipinski definition) is 1. The molecule has 2 saturated heterocycles. The van der Waals surface area contributed by atoms with Crippen molar-refractivity contribution in [3.63, 3.8) is 0 Å². The molecular weight excluding hydrogens is 216 g/mol. The molecule has 0 aliphatic carbocycles. The Labute approximate surface area is 103 Å². The molecule has 17 heavy (non-hydrogen) atoms. The summed E-state index contributed by atoms with van der Waals surface area (Å²) < 4.78 is 5.49. The fraction of sp³-hybridized carbons (Fsp3) is 0.923. The Morgan fingerprint density at radius 1 is 1.24 bits per heavy atom. The van der Waals surface area contributed by atoms with Gasteiger partial charge in [0.25, 0.3) is 0 Å². The smallest absolute Gasteiger partial charge is 0.410 e. The molecule has 0 aromatic heterocycles. The molecule has 2 unspecified atom stereocenters. The summed E-state index contributed by atoms with van der Waals surface area (Å²) in [5, 5.41) is 0. The van der Waals surface area contributed by atoms with E-state index < -0.39 is 5.60 Å². The van der Waals surface area contributed by atoms with Gasteiger partial charge in [-0.3, -0.25) is 0 Å². The highest BCUT2D eigenvalue weighted by atomic mass is 16.6. The topological polar surface area (TPSA) is 55.6 Å². The number of nitrogens with zero attached hydrogens (tertiary/aromatic N) is 1. The van der Waals surface area contributed by atoms with Crippen LogP contribution in [0.25, 0.3) is 0 Å². The Morgan fingerprint density at radius 2 is 1.76 bits per heavy atom. The second kappa shape index (κ2) is 4.48. The van der Waals surface area contributed by atoms with E-state index >= 15 is 0 Å². The van der Waals surface area contributed by atoms with Gasteiger partial charge in [-0.25, -0.2) is 4.79 Å². The predicted molar refractivity (Wildman–Crippen MR) is 66.7 cm³/mol. The number of rotatable bonds is 0. The molecule has 2 heterocycles. The van der Waals surface area contributed by atoms with Crippen molar-refractivity contribution in [1.82, 2.24) is 4.90 Å². The first kappa shape index (κ1) is 12.7. The second-order valence-corrected chi connectivity index (χ2v) is 6.36. The van der Waals surface area contributed by atoms with Crippen LogP contribution in [0.2, 0.25) is 0 Å². The van der Waals surface area contributed by atoms with Crippen LogP contribution in [0.3, 0.4) is 0 Å². The molecule has 2 bridgehead atoms. The van der Waals surface area contributed by atoms with Crippen molar-refractivity contribution in [1.29, 1.82) is 0 Å². The third kappa shape index (κ3) is 2.92. The van der Waals surface area contributed by atoms with Gasteiger partial charge in [-0.15, -0.1) is 0 Å². The van der Waals surface area contributed by atoms with E-state index in [4.69, 9.17) is 10.5 Å². The number of carbonyl (C=O) groups excluding carboxylic acids is 1. The summed E-state index contributed by atoms with van der Waals surface area (Å²) in [4.78, 5) is 14.2. The lowest BCUT2D eigenvalue weighted by Gasteiger charge is -2.47. The lowest BCUT2D eigenvalue weighted by molar-refractivity contribution is -0.0210. The molecular formula is C13H24N2O2. The molecule has 0 aromatic rings. The van der Waals surface area contributed by atoms with Crippen molar-refractivity contribution >= 4 is 6.09 Å². The SMILES string of the molecule is CC(C)(C)OC(=O)N1C2CCCC1CC(N)C2. The first-order valence-electron chi connectivity index (χ1n) is 6.64. The Balaban J connectivity index is 2.07. The summed E-state index contributed by atoms with van der Waals surface area (Å²) in [6.45, 7) is 5.74. The Bertz CT molecular complexity index is 284. The van der Waals surface area contributed by atoms with Crippen molar-refractivity contribution < 1.29 is 9.53 Å². The Morgan fingerprint density at radius 3 is 2.24 bits per heavy atom. The van der Waals surface area contributed by atoms with Gasteiger partial charge < -0.3 is 15.4 Å². The maximum absolute atomic E-state index is 12.2. The van der Waals surface area contributed by atoms with Crippen LogP contribution in [-0.2, 0) is 4.74 Å². The van der Waals surface area contributed by atoms with Crippen molar-refractivity contribution in [3.05, 3.63) is 0 Å². The summed E-state index contributed by atoms with van der Waals surface area (Å²) in [7, 11) is 0. The van der Waals surface area contributed by atoms with Crippen molar-refractivity contribution in [3.8, 4) is 0 Å². The van der Waals surface area contributed by atoms with Crippen LogP contribution in [0.15, 0.2) is 0 Å². The Kier molecular flexibility index (Phi) is 3.34. The van der Waals surface area contributed by atoms with E-state index in [0.717, 1.165) is 25.7 Å². The molecule has 2 atom stereocenters. The van der Waals surface area contributed by atoms with E-state index in [1.165, 1.54) is 6.42 Å². The highest BCUT2D eigenvalue weighted by Gasteiger charge is 2.41. The van der Waals surface area contributed by atoms with Crippen LogP contribution in [0.1, 0.15) is 52.9 Å². The van der Waals surface area contributed by atoms with Gasteiger partial charge in [-0.05, 0) is 52.9 Å². The van der Waals surface area contributed by atoms with Gasteiger partial charge in [0.05, 0.1) is 0 Å². The molecule has 98 valence electrons. The van der Waals surface area contributed by atoms with E-state index in [9.17, 15) is 4.79 Å². The first-order chi connectivity index (χ1) is 7.87. The normalized spacial score (nSPS) is 33.4. The van der Waals surface area contributed by atoms with E-state index in [-0.39, 0.29) is 12.1 Å². The summed E-state index contributed by atoms with van der Waals surface area (Å²) in [6.07, 6.45) is 5.05. The fourth-order valence-corrected chi connectivity index (χ4v) is 3.04. The predicted octanol–water partition coefficient (Wildman–Crippen LogP) is 2.27. The number of hydrogen-bond acceptors (Lipinski definition) is 3. The maximum Gasteiger partial charge on any atom is 0.410 e. The van der Waals surface area contributed by atoms with E-state index in [1.807, 2.05) is 25.7 Å². The van der Waals surface area contributed by atoms with Gasteiger partial charge in [0.2, 0.25) is 0 Å². The van der Waals surface area contributed by atoms with Crippen LogP contribution in [0.4, 0.5) is 4.79 Å². The van der Waals surface area contributed by atoms with E-state index in [1.54, 1.807) is 0 Å². The van der Waals surface area contributed by atoms with Crippen LogP contribution in [-0.4, -0.2) is 34.7 Å². The summed E-state index contributed by atoms with van der Waals surface area (Å²) in [5.74, 6) is 0. The van der Waals surface area contributed by atoms with Crippen molar-refractivity contribution in [2.75, 3.05) is 0 Å². The largest absolute Gasteiger partial charge is 0.444 e. The molecule has 2 aliphatic heterocycles. The summed E-state index contributed by atoms with van der Waals surface area (Å²) in [5.41, 5.74) is 5.62. The number of fused-ring (bicyclic) bond motifs is 2. The zero-order chi connectivity index (χ0) is 12.6. The van der Waals surface area contributed by atoms with Crippen LogP contribution >= 0.6 is 0 Å². The van der Waals surface area contributed by atoms with Crippen LogP contribution in [0.5, 0.6) is 0 Å². The molecule has 4 heteroatoms. The molecule has 4 nitrogen and oxygen atoms in total. The van der Waals surface area contributed by atoms with Crippen LogP contribution < -0.4 is 5.73 Å². The lowest BCUT2D eigenvalue weighted by Crippen LogP contribution is -2.58. The fourth-order valence-electron chi connectivity index (χ4n) is 3.04. The number of nitrogens with two attached hydrogens (primary N) is 1. The molecule has 2 fully saturated rings. The molecule has 2 N–H and O–H groups in total. The van der Waals surface area contributed by atoms with Gasteiger partial charge in [-0.2, -0.15) is 0 Å². The third-order valence-electron chi connectivity index (χ3n) is 3.62. The number of piperidine rings is 2. The zero-order valence-corrected chi connectivity index (χ0v) is 11.1. The maximum atomic E-state index is 12.2. The van der Waals surface area contributed by atoms with Crippen molar-refractivity contribution in [2.45, 2.75) is 76.6 Å². The van der Waals surface area contributed by atoms with Gasteiger partial charge in [0.15, 0.2) is 0 Å². The lowest BCUT2D eigenvalue weighted by atomic mass is 9.82. The zero-order valence-electron chi connectivity index (χ0n) is 11.1. The molecule has 2 rings (SSSR count). The van der Waals surface area contributed by atoms with Gasteiger partial charge in [0.1, 0.15) is 5.60 Å². The molecule has 1 amide bonds. The highest BCUT2D eigenvalue weighted by Crippen LogP contribution is 2.34. The molecule has 0 radical (unpaired) electrons. The third-order valence-corrected chi connectivity index (χ3v) is 3.62. The number of amides is 1. The van der Waals surface area contributed by atoms with E-state index in [2.05, 4.69) is 0 Å². The monoisotopic (exact) mass is 240 g/mol. The van der Waals surface area contributed by atoms with Gasteiger partial charge >= 0.3 is 6.09 Å². The average Bonchev–Trinajstić information content (AvgIpc) is 2.12. The minimum Gasteiger partial charge on any atom is -0.444 e. The highest BCUT2D eigenvalue weighted by molar-refractivity contribution is 5.69. The molecule has 2 aliphatic rings. The Hall–Kier alpha value is -0.770. The van der Waals surface area contributed by atoms with Gasteiger partial charge in [0, 0.05) is 18.1 Å². The standard InChI is InChI=1S/C13H24N2O2/c1-13(2,3)17-12(16)15-10-5-4-6-11(15)8-9(14)7-10/h9-11H,4-8,14H2,1-3H3. The molecule has 0 aromatic carbocycles.